The predicted octanol–water partition coefficient (Wildman–Crippen LogP) is 1.25. The molecule has 0 aliphatic rings. The van der Waals surface area contributed by atoms with Crippen LogP contribution in [0.5, 0.6) is 5.75 Å². The molecule has 0 spiro atoms. The second-order valence-electron chi connectivity index (χ2n) is 3.96. The Morgan fingerprint density at radius 1 is 1.53 bits per heavy atom. The van der Waals surface area contributed by atoms with Gasteiger partial charge < -0.3 is 15.7 Å². The number of nitrogens with two attached hydrogens (primary N) is 1. The van der Waals surface area contributed by atoms with E-state index in [1.165, 1.54) is 12.3 Å². The van der Waals surface area contributed by atoms with Gasteiger partial charge in [0.15, 0.2) is 5.84 Å². The monoisotopic (exact) mass is 306 g/mol. The van der Waals surface area contributed by atoms with Crippen LogP contribution in [0.4, 0.5) is 0 Å². The van der Waals surface area contributed by atoms with E-state index < -0.39 is 9.84 Å². The Morgan fingerprint density at radius 3 is 2.74 bits per heavy atom. The number of hydrogen-bond donors (Lipinski definition) is 2. The van der Waals surface area contributed by atoms with Crippen molar-refractivity contribution in [1.82, 2.24) is 0 Å². The molecule has 0 aliphatic heterocycles. The van der Waals surface area contributed by atoms with E-state index in [-0.39, 0.29) is 18.2 Å². The Bertz CT molecular complexity index is 572. The zero-order valence-corrected chi connectivity index (χ0v) is 11.9. The number of benzene rings is 1. The summed E-state index contributed by atoms with van der Waals surface area (Å²) in [6, 6.07) is 4.67. The average Bonchev–Trinajstić information content (AvgIpc) is 2.33. The first-order chi connectivity index (χ1) is 8.83. The number of oxime groups is 1. The molecule has 1 aromatic rings. The Morgan fingerprint density at radius 2 is 2.21 bits per heavy atom. The summed E-state index contributed by atoms with van der Waals surface area (Å²) in [6.45, 7) is 0.246. The Hall–Kier alpha value is -1.47. The molecule has 19 heavy (non-hydrogen) atoms. The molecule has 0 saturated heterocycles. The number of ether oxygens (including phenoxy) is 1. The highest BCUT2D eigenvalue weighted by Gasteiger charge is 2.07. The maximum atomic E-state index is 10.9. The van der Waals surface area contributed by atoms with E-state index in [2.05, 4.69) is 5.16 Å². The fraction of sp³-hybridized carbons (Fsp3) is 0.364. The van der Waals surface area contributed by atoms with Crippen LogP contribution in [0.15, 0.2) is 23.4 Å². The molecular formula is C11H15ClN2O4S. The van der Waals surface area contributed by atoms with Crippen LogP contribution in [-0.2, 0) is 9.84 Å². The minimum atomic E-state index is -2.98. The maximum absolute atomic E-state index is 10.9. The highest BCUT2D eigenvalue weighted by atomic mass is 35.5. The third-order valence-electron chi connectivity index (χ3n) is 2.25. The van der Waals surface area contributed by atoms with Gasteiger partial charge in [-0.25, -0.2) is 8.42 Å². The fourth-order valence-corrected chi connectivity index (χ4v) is 2.22. The molecule has 0 heterocycles. The zero-order chi connectivity index (χ0) is 14.5. The quantitative estimate of drug-likeness (QED) is 0.271. The van der Waals surface area contributed by atoms with Crippen LogP contribution in [-0.4, -0.2) is 38.1 Å². The second kappa shape index (κ2) is 6.63. The number of nitrogens with zero attached hydrogens (tertiary/aromatic N) is 1. The second-order valence-corrected chi connectivity index (χ2v) is 6.63. The van der Waals surface area contributed by atoms with Crippen molar-refractivity contribution in [2.45, 2.75) is 6.42 Å². The molecular weight excluding hydrogens is 292 g/mol. The molecule has 0 atom stereocenters. The van der Waals surface area contributed by atoms with Crippen LogP contribution in [0.3, 0.4) is 0 Å². The van der Waals surface area contributed by atoms with E-state index in [1.54, 1.807) is 12.1 Å². The summed E-state index contributed by atoms with van der Waals surface area (Å²) in [6.07, 6.45) is 1.56. The van der Waals surface area contributed by atoms with E-state index in [4.69, 9.17) is 27.3 Å². The third kappa shape index (κ3) is 5.35. The minimum absolute atomic E-state index is 0.0504. The third-order valence-corrected chi connectivity index (χ3v) is 3.58. The molecule has 0 saturated carbocycles. The van der Waals surface area contributed by atoms with Gasteiger partial charge in [-0.1, -0.05) is 16.8 Å². The average molecular weight is 307 g/mol. The van der Waals surface area contributed by atoms with Crippen molar-refractivity contribution in [3.63, 3.8) is 0 Å². The van der Waals surface area contributed by atoms with Crippen molar-refractivity contribution in [2.75, 3.05) is 18.6 Å². The molecule has 0 fully saturated rings. The molecule has 3 N–H and O–H groups in total. The Balaban J connectivity index is 2.61. The summed E-state index contributed by atoms with van der Waals surface area (Å²) in [5.41, 5.74) is 5.89. The summed E-state index contributed by atoms with van der Waals surface area (Å²) in [4.78, 5) is 0. The van der Waals surface area contributed by atoms with E-state index in [1.807, 2.05) is 0 Å². The van der Waals surface area contributed by atoms with Crippen molar-refractivity contribution in [3.8, 4) is 5.75 Å². The molecule has 0 amide bonds. The molecule has 1 aromatic carbocycles. The first-order valence-electron chi connectivity index (χ1n) is 5.41. The Labute approximate surface area is 116 Å². The van der Waals surface area contributed by atoms with Crippen molar-refractivity contribution in [2.24, 2.45) is 10.9 Å². The van der Waals surface area contributed by atoms with Crippen LogP contribution < -0.4 is 10.5 Å². The van der Waals surface area contributed by atoms with Gasteiger partial charge in [0.2, 0.25) is 0 Å². The summed E-state index contributed by atoms with van der Waals surface area (Å²) < 4.78 is 27.2. The largest absolute Gasteiger partial charge is 0.492 e. The molecule has 0 bridgehead atoms. The lowest BCUT2D eigenvalue weighted by Crippen LogP contribution is -2.13. The molecule has 0 unspecified atom stereocenters. The maximum Gasteiger partial charge on any atom is 0.170 e. The van der Waals surface area contributed by atoms with Gasteiger partial charge in [0.1, 0.15) is 15.6 Å². The lowest BCUT2D eigenvalue weighted by atomic mass is 10.2. The van der Waals surface area contributed by atoms with Gasteiger partial charge in [0.05, 0.1) is 17.4 Å². The molecule has 0 aliphatic carbocycles. The van der Waals surface area contributed by atoms with E-state index in [9.17, 15) is 8.42 Å². The molecule has 1 rings (SSSR count). The van der Waals surface area contributed by atoms with E-state index in [0.717, 1.165) is 0 Å². The van der Waals surface area contributed by atoms with Crippen LogP contribution in [0, 0.1) is 0 Å². The van der Waals surface area contributed by atoms with Gasteiger partial charge in [0.25, 0.3) is 0 Å². The molecule has 6 nitrogen and oxygen atoms in total. The smallest absolute Gasteiger partial charge is 0.170 e. The summed E-state index contributed by atoms with van der Waals surface area (Å²) in [5, 5.41) is 11.7. The topological polar surface area (TPSA) is 102 Å². The predicted molar refractivity (Wildman–Crippen MR) is 73.8 cm³/mol. The first-order valence-corrected chi connectivity index (χ1v) is 7.85. The van der Waals surface area contributed by atoms with Crippen molar-refractivity contribution in [3.05, 3.63) is 28.8 Å². The van der Waals surface area contributed by atoms with Crippen molar-refractivity contribution >= 4 is 27.3 Å². The lowest BCUT2D eigenvalue weighted by molar-refractivity contribution is 0.317. The minimum Gasteiger partial charge on any atom is -0.492 e. The van der Waals surface area contributed by atoms with Gasteiger partial charge in [-0.05, 0) is 24.6 Å². The van der Waals surface area contributed by atoms with Crippen LogP contribution >= 0.6 is 11.6 Å². The fourth-order valence-electron chi connectivity index (χ4n) is 1.34. The summed E-state index contributed by atoms with van der Waals surface area (Å²) in [5.74, 6) is 0.433. The SMILES string of the molecule is CS(=O)(=O)CCCOc1ccc(C(N)=NO)cc1Cl. The number of rotatable bonds is 6. The number of halogens is 1. The van der Waals surface area contributed by atoms with Gasteiger partial charge in [-0.15, -0.1) is 0 Å². The highest BCUT2D eigenvalue weighted by Crippen LogP contribution is 2.25. The standard InChI is InChI=1S/C11H15ClN2O4S/c1-19(16,17)6-2-5-18-10-4-3-8(7-9(10)12)11(13)14-15/h3-4,7,15H,2,5-6H2,1H3,(H2,13,14). The molecule has 106 valence electrons. The molecule has 8 heteroatoms. The lowest BCUT2D eigenvalue weighted by Gasteiger charge is -2.08. The van der Waals surface area contributed by atoms with Gasteiger partial charge in [0, 0.05) is 11.8 Å². The summed E-state index contributed by atoms with van der Waals surface area (Å²) in [7, 11) is -2.98. The van der Waals surface area contributed by atoms with Crippen LogP contribution in [0.2, 0.25) is 5.02 Å². The molecule has 0 radical (unpaired) electrons. The van der Waals surface area contributed by atoms with Crippen LogP contribution in [0.25, 0.3) is 0 Å². The van der Waals surface area contributed by atoms with Crippen molar-refractivity contribution < 1.29 is 18.4 Å². The van der Waals surface area contributed by atoms with E-state index in [0.29, 0.717) is 22.8 Å². The van der Waals surface area contributed by atoms with Gasteiger partial charge in [-0.2, -0.15) is 0 Å². The van der Waals surface area contributed by atoms with Gasteiger partial charge >= 0.3 is 0 Å². The number of sulfone groups is 1. The summed E-state index contributed by atoms with van der Waals surface area (Å²) >= 11 is 5.96. The first kappa shape index (κ1) is 15.6. The molecule has 0 aromatic heterocycles. The Kier molecular flexibility index (Phi) is 5.44. The zero-order valence-electron chi connectivity index (χ0n) is 10.3. The van der Waals surface area contributed by atoms with Gasteiger partial charge in [-0.3, -0.25) is 0 Å². The van der Waals surface area contributed by atoms with E-state index >= 15 is 0 Å². The number of hydrogen-bond acceptors (Lipinski definition) is 5. The van der Waals surface area contributed by atoms with Crippen LogP contribution in [0.1, 0.15) is 12.0 Å². The normalized spacial score (nSPS) is 12.4. The highest BCUT2D eigenvalue weighted by molar-refractivity contribution is 7.90. The number of amidine groups is 1. The van der Waals surface area contributed by atoms with Crippen molar-refractivity contribution in [1.29, 1.82) is 0 Å².